The Balaban J connectivity index is 0.000000845. The zero-order valence-electron chi connectivity index (χ0n) is 7.75. The van der Waals surface area contributed by atoms with E-state index >= 15 is 0 Å². The van der Waals surface area contributed by atoms with Crippen LogP contribution < -0.4 is 17.0 Å². The van der Waals surface area contributed by atoms with Gasteiger partial charge in [-0.1, -0.05) is 5.16 Å². The second-order valence-corrected chi connectivity index (χ2v) is 5.63. The van der Waals surface area contributed by atoms with Crippen molar-refractivity contribution in [1.82, 2.24) is 5.16 Å². The molecule has 4 heteroatoms. The summed E-state index contributed by atoms with van der Waals surface area (Å²) < 4.78 is 5.03. The average Bonchev–Trinajstić information content (AvgIpc) is 2.63. The highest BCUT2D eigenvalue weighted by molar-refractivity contribution is 7.96. The van der Waals surface area contributed by atoms with Crippen molar-refractivity contribution < 1.29 is 21.5 Å². The van der Waals surface area contributed by atoms with Crippen molar-refractivity contribution in [3.05, 3.63) is 17.5 Å². The molecule has 2 nitrogen and oxygen atoms in total. The summed E-state index contributed by atoms with van der Waals surface area (Å²) in [6.45, 7) is 1.95. The summed E-state index contributed by atoms with van der Waals surface area (Å²) in [5.74, 6) is 4.91. The highest BCUT2D eigenvalue weighted by Gasteiger charge is 2.25. The first kappa shape index (κ1) is 11.1. The third kappa shape index (κ3) is 3.02. The van der Waals surface area contributed by atoms with Gasteiger partial charge < -0.3 is 21.5 Å². The van der Waals surface area contributed by atoms with Gasteiger partial charge >= 0.3 is 0 Å². The molecule has 0 amide bonds. The monoisotopic (exact) mass is 263 g/mol. The maximum Gasteiger partial charge on any atom is 0.153 e. The summed E-state index contributed by atoms with van der Waals surface area (Å²) >= 11 is 0. The van der Waals surface area contributed by atoms with Gasteiger partial charge in [0.2, 0.25) is 0 Å². The molecule has 0 spiro atoms. The Morgan fingerprint density at radius 2 is 2.15 bits per heavy atom. The van der Waals surface area contributed by atoms with Crippen LogP contribution in [0, 0.1) is 6.92 Å². The molecule has 1 aliphatic rings. The van der Waals surface area contributed by atoms with Crippen molar-refractivity contribution >= 4 is 10.9 Å². The Bertz CT molecular complexity index is 258. The minimum absolute atomic E-state index is 0. The van der Waals surface area contributed by atoms with Crippen LogP contribution in [0.15, 0.2) is 10.6 Å². The molecule has 1 saturated heterocycles. The zero-order valence-corrected chi connectivity index (χ0v) is 10.2. The fourth-order valence-corrected chi connectivity index (χ4v) is 3.83. The van der Waals surface area contributed by atoms with Crippen molar-refractivity contribution in [2.24, 2.45) is 0 Å². The lowest BCUT2D eigenvalue weighted by Gasteiger charge is -1.94. The van der Waals surface area contributed by atoms with Gasteiger partial charge in [-0.2, -0.15) is 0 Å². The molecule has 0 radical (unpaired) electrons. The molecule has 0 aliphatic carbocycles. The normalized spacial score (nSPS) is 17.3. The van der Waals surface area contributed by atoms with E-state index in [-0.39, 0.29) is 17.0 Å². The summed E-state index contributed by atoms with van der Waals surface area (Å²) in [7, 11) is 0.613. The van der Waals surface area contributed by atoms with Crippen molar-refractivity contribution in [1.29, 1.82) is 0 Å². The van der Waals surface area contributed by atoms with Gasteiger partial charge in [-0.15, -0.1) is 0 Å². The number of rotatable bonds is 2. The molecule has 2 heterocycles. The maximum absolute atomic E-state index is 5.03. The quantitative estimate of drug-likeness (QED) is 0.634. The van der Waals surface area contributed by atoms with Gasteiger partial charge in [0.15, 0.2) is 5.75 Å². The smallest absolute Gasteiger partial charge is 0.153 e. The van der Waals surface area contributed by atoms with Gasteiger partial charge in [0.1, 0.15) is 23.0 Å². The molecular formula is C9H14BrNOS. The summed E-state index contributed by atoms with van der Waals surface area (Å²) in [5, 5.41) is 4.01. The lowest BCUT2D eigenvalue weighted by molar-refractivity contribution is -0.00000312. The minimum Gasteiger partial charge on any atom is -1.00 e. The Labute approximate surface area is 92.2 Å². The van der Waals surface area contributed by atoms with Crippen LogP contribution in [-0.4, -0.2) is 16.7 Å². The number of hydrogen-bond acceptors (Lipinski definition) is 2. The van der Waals surface area contributed by atoms with Crippen LogP contribution in [0.4, 0.5) is 0 Å². The van der Waals surface area contributed by atoms with Crippen LogP contribution in [0.1, 0.15) is 24.3 Å². The van der Waals surface area contributed by atoms with Gasteiger partial charge in [0.25, 0.3) is 0 Å². The molecule has 0 N–H and O–H groups in total. The number of aromatic nitrogens is 1. The highest BCUT2D eigenvalue weighted by atomic mass is 79.9. The van der Waals surface area contributed by atoms with Crippen molar-refractivity contribution in [3.8, 4) is 0 Å². The fourth-order valence-electron chi connectivity index (χ4n) is 1.55. The van der Waals surface area contributed by atoms with E-state index in [0.29, 0.717) is 10.9 Å². The summed E-state index contributed by atoms with van der Waals surface area (Å²) in [4.78, 5) is 0. The lowest BCUT2D eigenvalue weighted by atomic mass is 10.4. The van der Waals surface area contributed by atoms with E-state index in [1.807, 2.05) is 6.92 Å². The van der Waals surface area contributed by atoms with Crippen molar-refractivity contribution in [2.45, 2.75) is 25.5 Å². The molecule has 0 unspecified atom stereocenters. The first-order valence-corrected chi connectivity index (χ1v) is 6.14. The highest BCUT2D eigenvalue weighted by Crippen LogP contribution is 2.18. The second-order valence-electron chi connectivity index (χ2n) is 3.30. The molecule has 0 aromatic carbocycles. The molecule has 2 rings (SSSR count). The third-order valence-electron chi connectivity index (χ3n) is 2.14. The first-order chi connectivity index (χ1) is 5.84. The van der Waals surface area contributed by atoms with E-state index in [9.17, 15) is 0 Å². The molecule has 1 aliphatic heterocycles. The van der Waals surface area contributed by atoms with E-state index in [1.54, 1.807) is 0 Å². The molecule has 1 aromatic rings. The average molecular weight is 264 g/mol. The molecule has 13 heavy (non-hydrogen) atoms. The predicted molar refractivity (Wildman–Crippen MR) is 51.3 cm³/mol. The predicted octanol–water partition coefficient (Wildman–Crippen LogP) is -1.10. The fraction of sp³-hybridized carbons (Fsp3) is 0.667. The van der Waals surface area contributed by atoms with Gasteiger partial charge in [-0.3, -0.25) is 0 Å². The third-order valence-corrected chi connectivity index (χ3v) is 4.58. The van der Waals surface area contributed by atoms with Crippen LogP contribution in [0.25, 0.3) is 0 Å². The first-order valence-electron chi connectivity index (χ1n) is 4.41. The number of hydrogen-bond donors (Lipinski definition) is 0. The van der Waals surface area contributed by atoms with E-state index in [0.717, 1.165) is 17.2 Å². The largest absolute Gasteiger partial charge is 1.00 e. The molecule has 0 atom stereocenters. The summed E-state index contributed by atoms with van der Waals surface area (Å²) in [6.07, 6.45) is 2.83. The Morgan fingerprint density at radius 3 is 2.69 bits per heavy atom. The molecule has 1 fully saturated rings. The van der Waals surface area contributed by atoms with Crippen LogP contribution in [-0.2, 0) is 16.6 Å². The SMILES string of the molecule is Cc1cc(C[S+]2CCCC2)no1.[Br-]. The van der Waals surface area contributed by atoms with E-state index < -0.39 is 0 Å². The van der Waals surface area contributed by atoms with Crippen molar-refractivity contribution in [3.63, 3.8) is 0 Å². The van der Waals surface area contributed by atoms with Gasteiger partial charge in [0.05, 0.1) is 0 Å². The van der Waals surface area contributed by atoms with Crippen LogP contribution >= 0.6 is 0 Å². The zero-order chi connectivity index (χ0) is 8.39. The second kappa shape index (κ2) is 5.05. The lowest BCUT2D eigenvalue weighted by Crippen LogP contribution is -3.00. The number of aryl methyl sites for hydroxylation is 1. The number of nitrogens with zero attached hydrogens (tertiary/aromatic N) is 1. The molecular weight excluding hydrogens is 250 g/mol. The van der Waals surface area contributed by atoms with Gasteiger partial charge in [0, 0.05) is 6.07 Å². The van der Waals surface area contributed by atoms with Crippen LogP contribution in [0.2, 0.25) is 0 Å². The van der Waals surface area contributed by atoms with Crippen LogP contribution in [0.3, 0.4) is 0 Å². The van der Waals surface area contributed by atoms with E-state index in [1.165, 1.54) is 24.3 Å². The molecule has 1 aromatic heterocycles. The molecule has 0 saturated carbocycles. The van der Waals surface area contributed by atoms with E-state index in [2.05, 4.69) is 11.2 Å². The minimum atomic E-state index is 0. The molecule has 0 bridgehead atoms. The Morgan fingerprint density at radius 1 is 1.46 bits per heavy atom. The summed E-state index contributed by atoms with van der Waals surface area (Å²) in [5.41, 5.74) is 1.15. The van der Waals surface area contributed by atoms with Crippen molar-refractivity contribution in [2.75, 3.05) is 11.5 Å². The Hall–Kier alpha value is 0.0400. The number of halogens is 1. The topological polar surface area (TPSA) is 26.0 Å². The van der Waals surface area contributed by atoms with Crippen LogP contribution in [0.5, 0.6) is 0 Å². The maximum atomic E-state index is 5.03. The van der Waals surface area contributed by atoms with Gasteiger partial charge in [-0.05, 0) is 30.7 Å². The molecule has 74 valence electrons. The van der Waals surface area contributed by atoms with Gasteiger partial charge in [-0.25, -0.2) is 0 Å². The van der Waals surface area contributed by atoms with E-state index in [4.69, 9.17) is 4.52 Å². The summed E-state index contributed by atoms with van der Waals surface area (Å²) in [6, 6.07) is 2.06. The standard InChI is InChI=1S/C9H14NOS.BrH/c1-8-6-9(10-11-8)7-12-4-2-3-5-12;/h6H,2-5,7H2,1H3;1H/q+1;/p-1. The Kier molecular flexibility index (Phi) is 4.32.